The van der Waals surface area contributed by atoms with Crippen LogP contribution in [0, 0.1) is 0 Å². The van der Waals surface area contributed by atoms with Gasteiger partial charge in [0.2, 0.25) is 0 Å². The van der Waals surface area contributed by atoms with E-state index in [2.05, 4.69) is 43.1 Å². The van der Waals surface area contributed by atoms with Gasteiger partial charge in [0.15, 0.2) is 5.82 Å². The van der Waals surface area contributed by atoms with Crippen LogP contribution in [0.4, 0.5) is 11.5 Å². The van der Waals surface area contributed by atoms with E-state index in [9.17, 15) is 9.59 Å². The SMILES string of the molecule is C=C/C=C(\C=C)c1ncc(C(C)C)c(Nc2ccnc3[nH]cc(C(=O)C(=O)OC)c23)n1. The number of esters is 1. The highest BCUT2D eigenvalue weighted by Crippen LogP contribution is 2.31. The third kappa shape index (κ3) is 4.28. The fraction of sp³-hybridized carbons (Fsp3) is 0.174. The van der Waals surface area contributed by atoms with Crippen LogP contribution < -0.4 is 5.32 Å². The number of anilines is 2. The van der Waals surface area contributed by atoms with Gasteiger partial charge in [-0.1, -0.05) is 45.2 Å². The van der Waals surface area contributed by atoms with Gasteiger partial charge in [-0.25, -0.2) is 19.7 Å². The van der Waals surface area contributed by atoms with E-state index in [0.717, 1.165) is 18.2 Å². The first-order valence-corrected chi connectivity index (χ1v) is 9.59. The number of aromatic nitrogens is 4. The molecule has 3 aromatic heterocycles. The number of carbonyl (C=O) groups excluding carboxylic acids is 2. The zero-order valence-electron chi connectivity index (χ0n) is 17.6. The van der Waals surface area contributed by atoms with Crippen molar-refractivity contribution in [2.75, 3.05) is 12.4 Å². The molecule has 3 rings (SSSR count). The molecular formula is C23H23N5O3. The van der Waals surface area contributed by atoms with Crippen molar-refractivity contribution in [2.24, 2.45) is 0 Å². The highest BCUT2D eigenvalue weighted by molar-refractivity contribution is 6.43. The summed E-state index contributed by atoms with van der Waals surface area (Å²) in [5.41, 5.74) is 2.79. The summed E-state index contributed by atoms with van der Waals surface area (Å²) in [6, 6.07) is 1.71. The number of rotatable bonds is 8. The van der Waals surface area contributed by atoms with Crippen molar-refractivity contribution in [2.45, 2.75) is 19.8 Å². The lowest BCUT2D eigenvalue weighted by Gasteiger charge is -2.15. The molecule has 3 aromatic rings. The number of nitrogens with one attached hydrogen (secondary N) is 2. The van der Waals surface area contributed by atoms with Crippen molar-refractivity contribution in [1.82, 2.24) is 19.9 Å². The molecule has 0 fully saturated rings. The van der Waals surface area contributed by atoms with Crippen LogP contribution in [0.3, 0.4) is 0 Å². The number of pyridine rings is 1. The van der Waals surface area contributed by atoms with Gasteiger partial charge in [0.1, 0.15) is 11.5 Å². The van der Waals surface area contributed by atoms with Gasteiger partial charge in [-0.05, 0) is 12.0 Å². The number of methoxy groups -OCH3 is 1. The Morgan fingerprint density at radius 3 is 2.68 bits per heavy atom. The van der Waals surface area contributed by atoms with Crippen molar-refractivity contribution < 1.29 is 14.3 Å². The van der Waals surface area contributed by atoms with Crippen molar-refractivity contribution in [3.63, 3.8) is 0 Å². The van der Waals surface area contributed by atoms with E-state index in [1.165, 1.54) is 6.20 Å². The van der Waals surface area contributed by atoms with E-state index in [1.54, 1.807) is 36.7 Å². The molecule has 0 saturated heterocycles. The average Bonchev–Trinajstić information content (AvgIpc) is 3.21. The molecule has 8 nitrogen and oxygen atoms in total. The van der Waals surface area contributed by atoms with E-state index in [0.29, 0.717) is 28.4 Å². The number of nitrogens with zero attached hydrogens (tertiary/aromatic N) is 3. The summed E-state index contributed by atoms with van der Waals surface area (Å²) in [6.45, 7) is 11.6. The van der Waals surface area contributed by atoms with Crippen LogP contribution in [-0.4, -0.2) is 38.8 Å². The molecule has 2 N–H and O–H groups in total. The Hall–Kier alpha value is -4.07. The number of aromatic amines is 1. The number of Topliss-reactive ketones (excluding diaryl/α,β-unsaturated/α-hetero) is 1. The van der Waals surface area contributed by atoms with Crippen molar-refractivity contribution in [3.05, 3.63) is 73.0 Å². The lowest BCUT2D eigenvalue weighted by molar-refractivity contribution is -0.135. The molecule has 3 heterocycles. The fourth-order valence-electron chi connectivity index (χ4n) is 3.08. The van der Waals surface area contributed by atoms with Crippen LogP contribution in [0.15, 0.2) is 56.0 Å². The number of ether oxygens (including phenoxy) is 1. The van der Waals surface area contributed by atoms with Gasteiger partial charge in [-0.2, -0.15) is 0 Å². The van der Waals surface area contributed by atoms with E-state index >= 15 is 0 Å². The van der Waals surface area contributed by atoms with Crippen LogP contribution in [0.1, 0.15) is 41.5 Å². The summed E-state index contributed by atoms with van der Waals surface area (Å²) in [4.78, 5) is 40.6. The van der Waals surface area contributed by atoms with Gasteiger partial charge in [0.25, 0.3) is 5.78 Å². The van der Waals surface area contributed by atoms with E-state index in [-0.39, 0.29) is 11.5 Å². The number of ketones is 1. The molecule has 0 aliphatic heterocycles. The predicted octanol–water partition coefficient (Wildman–Crippen LogP) is 4.33. The van der Waals surface area contributed by atoms with Crippen LogP contribution in [0.2, 0.25) is 0 Å². The van der Waals surface area contributed by atoms with Crippen LogP contribution >= 0.6 is 0 Å². The second kappa shape index (κ2) is 9.17. The summed E-state index contributed by atoms with van der Waals surface area (Å²) in [6.07, 6.45) is 9.86. The minimum atomic E-state index is -0.951. The Labute approximate surface area is 179 Å². The Balaban J connectivity index is 2.15. The zero-order chi connectivity index (χ0) is 22.5. The Morgan fingerprint density at radius 2 is 2.03 bits per heavy atom. The number of H-pyrrole nitrogens is 1. The normalized spacial score (nSPS) is 11.4. The molecule has 0 spiro atoms. The predicted molar refractivity (Wildman–Crippen MR) is 120 cm³/mol. The molecule has 0 aliphatic rings. The van der Waals surface area contributed by atoms with Crippen molar-refractivity contribution >= 4 is 39.9 Å². The molecule has 0 bridgehead atoms. The molecule has 158 valence electrons. The lowest BCUT2D eigenvalue weighted by Crippen LogP contribution is -2.15. The smallest absolute Gasteiger partial charge is 0.379 e. The summed E-state index contributed by atoms with van der Waals surface area (Å²) in [5, 5.41) is 3.76. The van der Waals surface area contributed by atoms with Gasteiger partial charge >= 0.3 is 5.97 Å². The van der Waals surface area contributed by atoms with Crippen molar-refractivity contribution in [1.29, 1.82) is 0 Å². The van der Waals surface area contributed by atoms with Gasteiger partial charge in [0, 0.05) is 29.7 Å². The minimum absolute atomic E-state index is 0.131. The summed E-state index contributed by atoms with van der Waals surface area (Å²) in [5.74, 6) is -0.533. The number of allylic oxidation sites excluding steroid dienone is 4. The van der Waals surface area contributed by atoms with E-state index in [1.807, 2.05) is 13.8 Å². The maximum Gasteiger partial charge on any atom is 0.379 e. The number of carbonyl (C=O) groups is 2. The maximum absolute atomic E-state index is 12.5. The lowest BCUT2D eigenvalue weighted by atomic mass is 10.0. The van der Waals surface area contributed by atoms with Gasteiger partial charge in [-0.15, -0.1) is 0 Å². The highest BCUT2D eigenvalue weighted by atomic mass is 16.5. The average molecular weight is 417 g/mol. The minimum Gasteiger partial charge on any atom is -0.463 e. The monoisotopic (exact) mass is 417 g/mol. The Bertz CT molecular complexity index is 1210. The molecule has 0 aromatic carbocycles. The molecular weight excluding hydrogens is 394 g/mol. The topological polar surface area (TPSA) is 110 Å². The third-order valence-corrected chi connectivity index (χ3v) is 4.66. The maximum atomic E-state index is 12.5. The molecule has 0 amide bonds. The van der Waals surface area contributed by atoms with Crippen molar-refractivity contribution in [3.8, 4) is 0 Å². The second-order valence-corrected chi connectivity index (χ2v) is 6.94. The summed E-state index contributed by atoms with van der Waals surface area (Å²) < 4.78 is 4.58. The van der Waals surface area contributed by atoms with Crippen LogP contribution in [0.5, 0.6) is 0 Å². The molecule has 0 aliphatic carbocycles. The molecule has 31 heavy (non-hydrogen) atoms. The van der Waals surface area contributed by atoms with Gasteiger partial charge in [-0.3, -0.25) is 4.79 Å². The molecule has 8 heteroatoms. The molecule has 0 unspecified atom stereocenters. The largest absolute Gasteiger partial charge is 0.463 e. The second-order valence-electron chi connectivity index (χ2n) is 6.94. The van der Waals surface area contributed by atoms with E-state index in [4.69, 9.17) is 0 Å². The van der Waals surface area contributed by atoms with Crippen LogP contribution in [-0.2, 0) is 9.53 Å². The number of fused-ring (bicyclic) bond motifs is 1. The molecule has 0 radical (unpaired) electrons. The van der Waals surface area contributed by atoms with Crippen LogP contribution in [0.25, 0.3) is 16.6 Å². The first kappa shape index (κ1) is 21.6. The number of hydrogen-bond donors (Lipinski definition) is 2. The number of hydrogen-bond acceptors (Lipinski definition) is 7. The zero-order valence-corrected chi connectivity index (χ0v) is 17.6. The van der Waals surface area contributed by atoms with E-state index < -0.39 is 11.8 Å². The molecule has 0 atom stereocenters. The van der Waals surface area contributed by atoms with Gasteiger partial charge in [0.05, 0.1) is 23.7 Å². The first-order valence-electron chi connectivity index (χ1n) is 9.59. The standard InChI is InChI=1S/C23H23N5O3/c1-6-8-14(7-2)20-25-11-15(13(3)4)21(28-20)27-17-9-10-24-22-18(17)16(12-26-22)19(29)23(30)31-5/h6-13H,1-2H2,3-5H3,(H2,24,25,26,27,28)/b14-8+. The molecule has 0 saturated carbocycles. The summed E-state index contributed by atoms with van der Waals surface area (Å²) in [7, 11) is 1.16. The highest BCUT2D eigenvalue weighted by Gasteiger charge is 2.23. The Morgan fingerprint density at radius 1 is 1.26 bits per heavy atom. The Kier molecular flexibility index (Phi) is 6.40. The quantitative estimate of drug-likeness (QED) is 0.243. The fourth-order valence-corrected chi connectivity index (χ4v) is 3.08. The summed E-state index contributed by atoms with van der Waals surface area (Å²) >= 11 is 0. The first-order chi connectivity index (χ1) is 14.9. The third-order valence-electron chi connectivity index (χ3n) is 4.66. The van der Waals surface area contributed by atoms with Gasteiger partial charge < -0.3 is 15.0 Å².